The minimum absolute atomic E-state index is 0.152. The molecule has 28 heavy (non-hydrogen) atoms. The summed E-state index contributed by atoms with van der Waals surface area (Å²) in [5, 5.41) is 2.93. The third-order valence-corrected chi connectivity index (χ3v) is 5.15. The topological polar surface area (TPSA) is 56.8 Å². The molecule has 1 atom stereocenters. The summed E-state index contributed by atoms with van der Waals surface area (Å²) in [6.45, 7) is 4.07. The van der Waals surface area contributed by atoms with E-state index in [1.807, 2.05) is 24.3 Å². The SMILES string of the molecule is CCCCOc1ccccc1NC(=O)c1ccc(OCC2CCCO2)c(Br)c1. The van der Waals surface area contributed by atoms with Crippen molar-refractivity contribution in [2.75, 3.05) is 25.1 Å². The maximum Gasteiger partial charge on any atom is 0.255 e. The Morgan fingerprint density at radius 1 is 1.21 bits per heavy atom. The van der Waals surface area contributed by atoms with Gasteiger partial charge in [0.15, 0.2) is 0 Å². The summed E-state index contributed by atoms with van der Waals surface area (Å²) in [5.74, 6) is 1.19. The molecule has 1 aliphatic rings. The first kappa shape index (κ1) is 20.7. The van der Waals surface area contributed by atoms with E-state index >= 15 is 0 Å². The van der Waals surface area contributed by atoms with Crippen LogP contribution >= 0.6 is 15.9 Å². The second kappa shape index (κ2) is 10.5. The van der Waals surface area contributed by atoms with E-state index in [4.69, 9.17) is 14.2 Å². The zero-order valence-electron chi connectivity index (χ0n) is 16.1. The maximum atomic E-state index is 12.7. The fourth-order valence-corrected chi connectivity index (χ4v) is 3.43. The Hall–Kier alpha value is -2.05. The molecule has 150 valence electrons. The summed E-state index contributed by atoms with van der Waals surface area (Å²) in [4.78, 5) is 12.7. The molecule has 1 N–H and O–H groups in total. The molecule has 1 aliphatic heterocycles. The van der Waals surface area contributed by atoms with E-state index in [0.29, 0.717) is 36.0 Å². The van der Waals surface area contributed by atoms with Gasteiger partial charge in [0.05, 0.1) is 22.9 Å². The number of anilines is 1. The van der Waals surface area contributed by atoms with Crippen LogP contribution in [0.25, 0.3) is 0 Å². The molecule has 1 unspecified atom stereocenters. The molecule has 2 aromatic carbocycles. The van der Waals surface area contributed by atoms with Crippen LogP contribution in [0.1, 0.15) is 43.0 Å². The van der Waals surface area contributed by atoms with Crippen LogP contribution in [0.5, 0.6) is 11.5 Å². The number of para-hydroxylation sites is 2. The van der Waals surface area contributed by atoms with E-state index in [1.54, 1.807) is 18.2 Å². The molecular weight excluding hydrogens is 422 g/mol. The maximum absolute atomic E-state index is 12.7. The van der Waals surface area contributed by atoms with Crippen molar-refractivity contribution >= 4 is 27.5 Å². The Morgan fingerprint density at radius 3 is 2.82 bits per heavy atom. The molecule has 0 saturated carbocycles. The van der Waals surface area contributed by atoms with Crippen LogP contribution in [-0.2, 0) is 4.74 Å². The lowest BCUT2D eigenvalue weighted by Gasteiger charge is -2.14. The molecule has 1 heterocycles. The van der Waals surface area contributed by atoms with Gasteiger partial charge < -0.3 is 19.5 Å². The average molecular weight is 448 g/mol. The summed E-state index contributed by atoms with van der Waals surface area (Å²) in [6, 6.07) is 12.8. The lowest BCUT2D eigenvalue weighted by atomic mass is 10.2. The van der Waals surface area contributed by atoms with Crippen molar-refractivity contribution < 1.29 is 19.0 Å². The number of hydrogen-bond acceptors (Lipinski definition) is 4. The van der Waals surface area contributed by atoms with Gasteiger partial charge in [-0.3, -0.25) is 4.79 Å². The van der Waals surface area contributed by atoms with Crippen molar-refractivity contribution in [1.82, 2.24) is 0 Å². The second-order valence-corrected chi connectivity index (χ2v) is 7.60. The summed E-state index contributed by atoms with van der Waals surface area (Å²) in [6.07, 6.45) is 4.29. The molecule has 0 radical (unpaired) electrons. The number of hydrogen-bond donors (Lipinski definition) is 1. The van der Waals surface area contributed by atoms with E-state index in [1.165, 1.54) is 0 Å². The van der Waals surface area contributed by atoms with Gasteiger partial charge in [0, 0.05) is 12.2 Å². The number of carbonyl (C=O) groups excluding carboxylic acids is 1. The van der Waals surface area contributed by atoms with E-state index in [0.717, 1.165) is 36.8 Å². The molecule has 1 fully saturated rings. The number of halogens is 1. The quantitative estimate of drug-likeness (QED) is 0.520. The molecule has 0 aromatic heterocycles. The number of nitrogens with one attached hydrogen (secondary N) is 1. The molecule has 0 spiro atoms. The summed E-state index contributed by atoms with van der Waals surface area (Å²) < 4.78 is 17.9. The minimum Gasteiger partial charge on any atom is -0.491 e. The normalized spacial score (nSPS) is 16.0. The summed E-state index contributed by atoms with van der Waals surface area (Å²) >= 11 is 3.50. The predicted molar refractivity (Wildman–Crippen MR) is 113 cm³/mol. The third kappa shape index (κ3) is 5.72. The number of benzene rings is 2. The smallest absolute Gasteiger partial charge is 0.255 e. The van der Waals surface area contributed by atoms with Crippen LogP contribution in [-0.4, -0.2) is 31.8 Å². The first-order valence-electron chi connectivity index (χ1n) is 9.74. The number of ether oxygens (including phenoxy) is 3. The van der Waals surface area contributed by atoms with Crippen LogP contribution in [0.3, 0.4) is 0 Å². The Labute approximate surface area is 174 Å². The molecule has 1 saturated heterocycles. The van der Waals surface area contributed by atoms with Crippen molar-refractivity contribution in [3.63, 3.8) is 0 Å². The molecular formula is C22H26BrNO4. The van der Waals surface area contributed by atoms with Crippen LogP contribution in [0.2, 0.25) is 0 Å². The van der Waals surface area contributed by atoms with E-state index < -0.39 is 0 Å². The number of unbranched alkanes of at least 4 members (excludes halogenated alkanes) is 1. The zero-order chi connectivity index (χ0) is 19.8. The Bertz CT molecular complexity index is 790. The first-order valence-corrected chi connectivity index (χ1v) is 10.5. The van der Waals surface area contributed by atoms with Crippen LogP contribution in [0.4, 0.5) is 5.69 Å². The molecule has 0 aliphatic carbocycles. The predicted octanol–water partition coefficient (Wildman–Crippen LogP) is 5.44. The molecule has 6 heteroatoms. The molecule has 0 bridgehead atoms. The van der Waals surface area contributed by atoms with Gasteiger partial charge in [-0.15, -0.1) is 0 Å². The number of amides is 1. The van der Waals surface area contributed by atoms with Crippen molar-refractivity contribution in [3.8, 4) is 11.5 Å². The van der Waals surface area contributed by atoms with Gasteiger partial charge in [0.1, 0.15) is 18.1 Å². The fourth-order valence-electron chi connectivity index (χ4n) is 2.93. The third-order valence-electron chi connectivity index (χ3n) is 4.53. The van der Waals surface area contributed by atoms with Crippen LogP contribution in [0, 0.1) is 0 Å². The second-order valence-electron chi connectivity index (χ2n) is 6.74. The van der Waals surface area contributed by atoms with Gasteiger partial charge in [0.2, 0.25) is 0 Å². The van der Waals surface area contributed by atoms with Crippen molar-refractivity contribution in [1.29, 1.82) is 0 Å². The fraction of sp³-hybridized carbons (Fsp3) is 0.409. The first-order chi connectivity index (χ1) is 13.7. The van der Waals surface area contributed by atoms with E-state index in [2.05, 4.69) is 28.2 Å². The van der Waals surface area contributed by atoms with Gasteiger partial charge in [0.25, 0.3) is 5.91 Å². The average Bonchev–Trinajstić information content (AvgIpc) is 3.22. The van der Waals surface area contributed by atoms with Crippen LogP contribution in [0.15, 0.2) is 46.9 Å². The molecule has 5 nitrogen and oxygen atoms in total. The number of rotatable bonds is 9. The zero-order valence-corrected chi connectivity index (χ0v) is 17.7. The van der Waals surface area contributed by atoms with Crippen molar-refractivity contribution in [2.45, 2.75) is 38.7 Å². The highest BCUT2D eigenvalue weighted by molar-refractivity contribution is 9.10. The minimum atomic E-state index is -0.196. The van der Waals surface area contributed by atoms with Crippen molar-refractivity contribution in [3.05, 3.63) is 52.5 Å². The molecule has 2 aromatic rings. The highest BCUT2D eigenvalue weighted by Crippen LogP contribution is 2.29. The monoisotopic (exact) mass is 447 g/mol. The lowest BCUT2D eigenvalue weighted by molar-refractivity contribution is 0.0677. The Balaban J connectivity index is 1.62. The molecule has 1 amide bonds. The van der Waals surface area contributed by atoms with Gasteiger partial charge in [-0.1, -0.05) is 25.5 Å². The molecule has 3 rings (SSSR count). The largest absolute Gasteiger partial charge is 0.491 e. The number of carbonyl (C=O) groups is 1. The Morgan fingerprint density at radius 2 is 2.07 bits per heavy atom. The van der Waals surface area contributed by atoms with Gasteiger partial charge in [-0.25, -0.2) is 0 Å². The highest BCUT2D eigenvalue weighted by Gasteiger charge is 2.17. The summed E-state index contributed by atoms with van der Waals surface area (Å²) in [7, 11) is 0. The lowest BCUT2D eigenvalue weighted by Crippen LogP contribution is -2.17. The van der Waals surface area contributed by atoms with Gasteiger partial charge in [-0.05, 0) is 65.5 Å². The highest BCUT2D eigenvalue weighted by atomic mass is 79.9. The van der Waals surface area contributed by atoms with E-state index in [9.17, 15) is 4.79 Å². The van der Waals surface area contributed by atoms with Gasteiger partial charge >= 0.3 is 0 Å². The van der Waals surface area contributed by atoms with Crippen LogP contribution < -0.4 is 14.8 Å². The van der Waals surface area contributed by atoms with E-state index in [-0.39, 0.29) is 12.0 Å². The van der Waals surface area contributed by atoms with Crippen molar-refractivity contribution in [2.24, 2.45) is 0 Å². The Kier molecular flexibility index (Phi) is 7.74. The van der Waals surface area contributed by atoms with Gasteiger partial charge in [-0.2, -0.15) is 0 Å². The standard InChI is InChI=1S/C22H26BrNO4/c1-2-3-12-27-21-9-5-4-8-19(21)24-22(25)16-10-11-20(18(23)14-16)28-15-17-7-6-13-26-17/h4-5,8-11,14,17H,2-3,6-7,12-13,15H2,1H3,(H,24,25). The summed E-state index contributed by atoms with van der Waals surface area (Å²) in [5.41, 5.74) is 1.21.